The molecular formula is C16H22O4. The van der Waals surface area contributed by atoms with Gasteiger partial charge in [0.05, 0.1) is 0 Å². The number of hydrogen-bond acceptors (Lipinski definition) is 4. The Hall–Kier alpha value is -1.84. The van der Waals surface area contributed by atoms with Crippen molar-refractivity contribution < 1.29 is 19.1 Å². The van der Waals surface area contributed by atoms with E-state index >= 15 is 0 Å². The predicted molar refractivity (Wildman–Crippen MR) is 76.8 cm³/mol. The van der Waals surface area contributed by atoms with Crippen molar-refractivity contribution in [2.45, 2.75) is 47.0 Å². The van der Waals surface area contributed by atoms with Gasteiger partial charge in [0, 0.05) is 12.8 Å². The zero-order valence-corrected chi connectivity index (χ0v) is 12.6. The van der Waals surface area contributed by atoms with Crippen molar-refractivity contribution in [3.05, 3.63) is 23.8 Å². The number of hydrogen-bond donors (Lipinski definition) is 0. The summed E-state index contributed by atoms with van der Waals surface area (Å²) in [5, 5.41) is 0. The van der Waals surface area contributed by atoms with Crippen LogP contribution in [-0.4, -0.2) is 11.9 Å². The number of carbonyl (C=O) groups is 2. The highest BCUT2D eigenvalue weighted by molar-refractivity contribution is 5.76. The second-order valence-electron chi connectivity index (χ2n) is 5.00. The quantitative estimate of drug-likeness (QED) is 0.590. The van der Waals surface area contributed by atoms with Crippen molar-refractivity contribution in [3.63, 3.8) is 0 Å². The maximum absolute atomic E-state index is 11.6. The van der Waals surface area contributed by atoms with Crippen LogP contribution >= 0.6 is 0 Å². The summed E-state index contributed by atoms with van der Waals surface area (Å²) in [6.45, 7) is 7.61. The molecule has 0 fully saturated rings. The van der Waals surface area contributed by atoms with Crippen molar-refractivity contribution in [3.8, 4) is 11.5 Å². The number of para-hydroxylation sites is 1. The van der Waals surface area contributed by atoms with Crippen LogP contribution < -0.4 is 9.47 Å². The SMILES string of the molecule is CCC(=O)Oc1cccc(CC(C)C)c1OC(=O)CC. The molecule has 1 aromatic rings. The minimum Gasteiger partial charge on any atom is -0.423 e. The lowest BCUT2D eigenvalue weighted by molar-refractivity contribution is -0.136. The summed E-state index contributed by atoms with van der Waals surface area (Å²) in [6.07, 6.45) is 1.30. The van der Waals surface area contributed by atoms with Crippen LogP contribution in [0.2, 0.25) is 0 Å². The van der Waals surface area contributed by atoms with Gasteiger partial charge in [0.2, 0.25) is 0 Å². The molecule has 110 valence electrons. The van der Waals surface area contributed by atoms with E-state index in [4.69, 9.17) is 9.47 Å². The van der Waals surface area contributed by atoms with Crippen molar-refractivity contribution >= 4 is 11.9 Å². The molecule has 1 rings (SSSR count). The van der Waals surface area contributed by atoms with E-state index in [9.17, 15) is 9.59 Å². The summed E-state index contributed by atoms with van der Waals surface area (Å²) >= 11 is 0. The zero-order chi connectivity index (χ0) is 15.1. The normalized spacial score (nSPS) is 10.4. The van der Waals surface area contributed by atoms with Crippen LogP contribution in [-0.2, 0) is 16.0 Å². The largest absolute Gasteiger partial charge is 0.423 e. The lowest BCUT2D eigenvalue weighted by Gasteiger charge is -2.15. The Kier molecular flexibility index (Phi) is 6.22. The van der Waals surface area contributed by atoms with E-state index in [0.29, 0.717) is 17.4 Å². The molecule has 0 aliphatic heterocycles. The Morgan fingerprint density at radius 2 is 1.65 bits per heavy atom. The van der Waals surface area contributed by atoms with Crippen LogP contribution in [0, 0.1) is 5.92 Å². The summed E-state index contributed by atoms with van der Waals surface area (Å²) in [5.41, 5.74) is 0.878. The summed E-state index contributed by atoms with van der Waals surface area (Å²) in [5.74, 6) is 0.411. The number of ether oxygens (including phenoxy) is 2. The van der Waals surface area contributed by atoms with Gasteiger partial charge in [-0.3, -0.25) is 9.59 Å². The molecule has 0 atom stereocenters. The van der Waals surface area contributed by atoms with Gasteiger partial charge in [0.15, 0.2) is 11.5 Å². The van der Waals surface area contributed by atoms with Gasteiger partial charge in [-0.1, -0.05) is 39.8 Å². The average Bonchev–Trinajstić information content (AvgIpc) is 2.41. The first-order valence-electron chi connectivity index (χ1n) is 7.01. The van der Waals surface area contributed by atoms with Gasteiger partial charge in [-0.25, -0.2) is 0 Å². The van der Waals surface area contributed by atoms with E-state index < -0.39 is 0 Å². The molecule has 0 aromatic heterocycles. The van der Waals surface area contributed by atoms with Gasteiger partial charge >= 0.3 is 11.9 Å². The van der Waals surface area contributed by atoms with Gasteiger partial charge in [0.25, 0.3) is 0 Å². The van der Waals surface area contributed by atoms with Crippen LogP contribution in [0.25, 0.3) is 0 Å². The van der Waals surface area contributed by atoms with Crippen molar-refractivity contribution in [2.75, 3.05) is 0 Å². The predicted octanol–water partition coefficient (Wildman–Crippen LogP) is 3.52. The number of esters is 2. The summed E-state index contributed by atoms with van der Waals surface area (Å²) < 4.78 is 10.6. The Bertz CT molecular complexity index is 477. The molecule has 4 heteroatoms. The number of benzene rings is 1. The molecule has 20 heavy (non-hydrogen) atoms. The van der Waals surface area contributed by atoms with Crippen LogP contribution in [0.4, 0.5) is 0 Å². The first kappa shape index (κ1) is 16.2. The second-order valence-corrected chi connectivity index (χ2v) is 5.00. The third kappa shape index (κ3) is 4.68. The number of carbonyl (C=O) groups excluding carboxylic acids is 2. The van der Waals surface area contributed by atoms with Crippen LogP contribution in [0.3, 0.4) is 0 Å². The molecular weight excluding hydrogens is 256 g/mol. The summed E-state index contributed by atoms with van der Waals surface area (Å²) in [4.78, 5) is 23.0. The smallest absolute Gasteiger partial charge is 0.311 e. The van der Waals surface area contributed by atoms with Crippen LogP contribution in [0.15, 0.2) is 18.2 Å². The van der Waals surface area contributed by atoms with Crippen LogP contribution in [0.5, 0.6) is 11.5 Å². The van der Waals surface area contributed by atoms with Gasteiger partial charge in [-0.15, -0.1) is 0 Å². The van der Waals surface area contributed by atoms with Gasteiger partial charge in [-0.05, 0) is 24.0 Å². The molecule has 0 radical (unpaired) electrons. The zero-order valence-electron chi connectivity index (χ0n) is 12.6. The van der Waals surface area contributed by atoms with Gasteiger partial charge in [0.1, 0.15) is 0 Å². The standard InChI is InChI=1S/C16H22O4/c1-5-14(17)19-13-9-7-8-12(10-11(3)4)16(13)20-15(18)6-2/h7-9,11H,5-6,10H2,1-4H3. The molecule has 0 aliphatic carbocycles. The molecule has 1 aromatic carbocycles. The van der Waals surface area contributed by atoms with E-state index in [0.717, 1.165) is 12.0 Å². The van der Waals surface area contributed by atoms with Crippen LogP contribution in [0.1, 0.15) is 46.1 Å². The van der Waals surface area contributed by atoms with E-state index in [1.807, 2.05) is 6.07 Å². The van der Waals surface area contributed by atoms with Crippen molar-refractivity contribution in [2.24, 2.45) is 5.92 Å². The van der Waals surface area contributed by atoms with Crippen molar-refractivity contribution in [1.29, 1.82) is 0 Å². The molecule has 0 saturated heterocycles. The lowest BCUT2D eigenvalue weighted by Crippen LogP contribution is -2.12. The fourth-order valence-corrected chi connectivity index (χ4v) is 1.74. The van der Waals surface area contributed by atoms with E-state index in [1.54, 1.807) is 26.0 Å². The third-order valence-electron chi connectivity index (χ3n) is 2.71. The van der Waals surface area contributed by atoms with Gasteiger partial charge in [-0.2, -0.15) is 0 Å². The first-order chi connectivity index (χ1) is 9.47. The summed E-state index contributed by atoms with van der Waals surface area (Å²) in [6, 6.07) is 5.34. The molecule has 4 nitrogen and oxygen atoms in total. The Morgan fingerprint density at radius 1 is 1.05 bits per heavy atom. The second kappa shape index (κ2) is 7.68. The lowest BCUT2D eigenvalue weighted by atomic mass is 10.0. The topological polar surface area (TPSA) is 52.6 Å². The highest BCUT2D eigenvalue weighted by Gasteiger charge is 2.17. The average molecular weight is 278 g/mol. The Labute approximate surface area is 120 Å². The highest BCUT2D eigenvalue weighted by atomic mass is 16.6. The number of rotatable bonds is 6. The monoisotopic (exact) mass is 278 g/mol. The Morgan fingerprint density at radius 3 is 2.20 bits per heavy atom. The molecule has 0 aliphatic rings. The molecule has 0 unspecified atom stereocenters. The fourth-order valence-electron chi connectivity index (χ4n) is 1.74. The maximum Gasteiger partial charge on any atom is 0.311 e. The van der Waals surface area contributed by atoms with Gasteiger partial charge < -0.3 is 9.47 Å². The molecule has 0 bridgehead atoms. The first-order valence-corrected chi connectivity index (χ1v) is 7.01. The van der Waals surface area contributed by atoms with E-state index in [2.05, 4.69) is 13.8 Å². The fraction of sp³-hybridized carbons (Fsp3) is 0.500. The Balaban J connectivity index is 3.13. The van der Waals surface area contributed by atoms with E-state index in [1.165, 1.54) is 0 Å². The maximum atomic E-state index is 11.6. The molecule has 0 N–H and O–H groups in total. The molecule has 0 saturated carbocycles. The minimum atomic E-state index is -0.347. The summed E-state index contributed by atoms with van der Waals surface area (Å²) in [7, 11) is 0. The van der Waals surface area contributed by atoms with E-state index in [-0.39, 0.29) is 24.8 Å². The van der Waals surface area contributed by atoms with Crippen molar-refractivity contribution in [1.82, 2.24) is 0 Å². The third-order valence-corrected chi connectivity index (χ3v) is 2.71. The molecule has 0 amide bonds. The molecule has 0 heterocycles. The molecule has 0 spiro atoms. The highest BCUT2D eigenvalue weighted by Crippen LogP contribution is 2.33. The minimum absolute atomic E-state index is 0.273.